The highest BCUT2D eigenvalue weighted by atomic mass is 16.5. The van der Waals surface area contributed by atoms with E-state index in [4.69, 9.17) is 4.52 Å². The number of hydrogen-bond donors (Lipinski definition) is 0. The maximum absolute atomic E-state index is 5.39. The minimum atomic E-state index is -0.119. The fourth-order valence-corrected chi connectivity index (χ4v) is 3.14. The van der Waals surface area contributed by atoms with Crippen molar-refractivity contribution in [1.29, 1.82) is 0 Å². The summed E-state index contributed by atoms with van der Waals surface area (Å²) in [6.45, 7) is 10.6. The van der Waals surface area contributed by atoms with Gasteiger partial charge in [0.05, 0.1) is 18.1 Å². The standard InChI is InChI=1S/C17H24N8O/c1-17(2,3)16-21-13(22-26-16)10-24-5-7-25(8-6-24)15-12-9-20-23(4)14(12)18-11-19-15/h9,11H,5-8,10H2,1-4H3. The Balaban J connectivity index is 1.42. The largest absolute Gasteiger partial charge is 0.353 e. The summed E-state index contributed by atoms with van der Waals surface area (Å²) in [5, 5.41) is 9.42. The van der Waals surface area contributed by atoms with Crippen LogP contribution < -0.4 is 4.90 Å². The first-order chi connectivity index (χ1) is 12.4. The second kappa shape index (κ2) is 6.31. The van der Waals surface area contributed by atoms with E-state index in [1.807, 2.05) is 13.2 Å². The van der Waals surface area contributed by atoms with Crippen molar-refractivity contribution < 1.29 is 4.52 Å². The van der Waals surface area contributed by atoms with E-state index in [0.29, 0.717) is 12.4 Å². The molecule has 0 bridgehead atoms. The molecule has 1 aliphatic heterocycles. The molecule has 0 atom stereocenters. The molecule has 0 unspecified atom stereocenters. The first-order valence-electron chi connectivity index (χ1n) is 8.85. The van der Waals surface area contributed by atoms with Gasteiger partial charge in [0.2, 0.25) is 5.89 Å². The number of aromatic nitrogens is 6. The molecule has 1 fully saturated rings. The number of anilines is 1. The lowest BCUT2D eigenvalue weighted by atomic mass is 9.97. The van der Waals surface area contributed by atoms with Crippen LogP contribution in [0.2, 0.25) is 0 Å². The van der Waals surface area contributed by atoms with Gasteiger partial charge in [0.15, 0.2) is 11.5 Å². The zero-order valence-electron chi connectivity index (χ0n) is 15.7. The third-order valence-electron chi connectivity index (χ3n) is 4.65. The molecule has 0 aromatic carbocycles. The lowest BCUT2D eigenvalue weighted by Crippen LogP contribution is -2.46. The topological polar surface area (TPSA) is 89.0 Å². The van der Waals surface area contributed by atoms with E-state index >= 15 is 0 Å². The van der Waals surface area contributed by atoms with E-state index < -0.39 is 0 Å². The number of aryl methyl sites for hydroxylation is 1. The number of piperazine rings is 1. The maximum atomic E-state index is 5.39. The van der Waals surface area contributed by atoms with Crippen molar-refractivity contribution in [2.24, 2.45) is 7.05 Å². The fraction of sp³-hybridized carbons (Fsp3) is 0.588. The van der Waals surface area contributed by atoms with Crippen molar-refractivity contribution in [1.82, 2.24) is 34.8 Å². The fourth-order valence-electron chi connectivity index (χ4n) is 3.14. The highest BCUT2D eigenvalue weighted by Gasteiger charge is 2.25. The first-order valence-corrected chi connectivity index (χ1v) is 8.85. The van der Waals surface area contributed by atoms with Crippen LogP contribution in [0.4, 0.5) is 5.82 Å². The summed E-state index contributed by atoms with van der Waals surface area (Å²) in [6.07, 6.45) is 3.45. The quantitative estimate of drug-likeness (QED) is 0.695. The van der Waals surface area contributed by atoms with Crippen LogP contribution in [0.25, 0.3) is 11.0 Å². The average molecular weight is 356 g/mol. The summed E-state index contributed by atoms with van der Waals surface area (Å²) in [4.78, 5) is 18.0. The Morgan fingerprint density at radius 3 is 2.58 bits per heavy atom. The first kappa shape index (κ1) is 16.9. The number of nitrogens with zero attached hydrogens (tertiary/aromatic N) is 8. The summed E-state index contributed by atoms with van der Waals surface area (Å²) in [6, 6.07) is 0. The van der Waals surface area contributed by atoms with Gasteiger partial charge in [-0.2, -0.15) is 10.1 Å². The Bertz CT molecular complexity index is 901. The van der Waals surface area contributed by atoms with Crippen molar-refractivity contribution >= 4 is 16.9 Å². The van der Waals surface area contributed by atoms with E-state index in [9.17, 15) is 0 Å². The van der Waals surface area contributed by atoms with E-state index in [1.54, 1.807) is 11.0 Å². The molecule has 0 saturated carbocycles. The zero-order valence-corrected chi connectivity index (χ0v) is 15.7. The average Bonchev–Trinajstić information content (AvgIpc) is 3.23. The third kappa shape index (κ3) is 3.14. The second-order valence-electron chi connectivity index (χ2n) is 7.73. The molecule has 3 aromatic rings. The molecule has 0 radical (unpaired) electrons. The SMILES string of the molecule is Cn1ncc2c(N3CCN(Cc4noc(C(C)(C)C)n4)CC3)ncnc21. The Hall–Kier alpha value is -2.55. The molecule has 9 nitrogen and oxygen atoms in total. The molecular weight excluding hydrogens is 332 g/mol. The molecule has 26 heavy (non-hydrogen) atoms. The van der Waals surface area contributed by atoms with Gasteiger partial charge in [-0.25, -0.2) is 9.97 Å². The lowest BCUT2D eigenvalue weighted by Gasteiger charge is -2.34. The molecule has 1 aliphatic rings. The molecule has 4 heterocycles. The minimum absolute atomic E-state index is 0.119. The molecular formula is C17H24N8O. The van der Waals surface area contributed by atoms with Crippen LogP contribution in [0.5, 0.6) is 0 Å². The molecule has 3 aromatic heterocycles. The van der Waals surface area contributed by atoms with Gasteiger partial charge in [-0.1, -0.05) is 25.9 Å². The summed E-state index contributed by atoms with van der Waals surface area (Å²) >= 11 is 0. The Morgan fingerprint density at radius 1 is 1.12 bits per heavy atom. The summed E-state index contributed by atoms with van der Waals surface area (Å²) in [5.74, 6) is 2.39. The van der Waals surface area contributed by atoms with Crippen LogP contribution in [0.15, 0.2) is 17.0 Å². The Morgan fingerprint density at radius 2 is 1.88 bits per heavy atom. The van der Waals surface area contributed by atoms with Crippen molar-refractivity contribution in [2.75, 3.05) is 31.1 Å². The third-order valence-corrected chi connectivity index (χ3v) is 4.65. The number of hydrogen-bond acceptors (Lipinski definition) is 8. The van der Waals surface area contributed by atoms with Crippen molar-refractivity contribution in [3.05, 3.63) is 24.2 Å². The van der Waals surface area contributed by atoms with Gasteiger partial charge < -0.3 is 9.42 Å². The van der Waals surface area contributed by atoms with E-state index in [2.05, 4.69) is 55.8 Å². The predicted octanol–water partition coefficient (Wildman–Crippen LogP) is 1.37. The van der Waals surface area contributed by atoms with Crippen LogP contribution >= 0.6 is 0 Å². The van der Waals surface area contributed by atoms with Gasteiger partial charge in [0.1, 0.15) is 12.1 Å². The molecule has 4 rings (SSSR count). The molecule has 0 aliphatic carbocycles. The van der Waals surface area contributed by atoms with E-state index in [1.165, 1.54) is 0 Å². The minimum Gasteiger partial charge on any atom is -0.353 e. The predicted molar refractivity (Wildman–Crippen MR) is 96.8 cm³/mol. The van der Waals surface area contributed by atoms with Crippen LogP contribution in [-0.4, -0.2) is 61.0 Å². The number of rotatable bonds is 3. The van der Waals surface area contributed by atoms with Crippen molar-refractivity contribution in [3.8, 4) is 0 Å². The number of fused-ring (bicyclic) bond motifs is 1. The van der Waals surface area contributed by atoms with Gasteiger partial charge in [0, 0.05) is 38.6 Å². The van der Waals surface area contributed by atoms with Gasteiger partial charge in [-0.3, -0.25) is 9.58 Å². The van der Waals surface area contributed by atoms with Crippen LogP contribution in [-0.2, 0) is 19.0 Å². The molecule has 138 valence electrons. The molecule has 0 spiro atoms. The van der Waals surface area contributed by atoms with Gasteiger partial charge >= 0.3 is 0 Å². The highest BCUT2D eigenvalue weighted by Crippen LogP contribution is 2.24. The lowest BCUT2D eigenvalue weighted by molar-refractivity contribution is 0.239. The van der Waals surface area contributed by atoms with Crippen LogP contribution in [0, 0.1) is 0 Å². The molecule has 0 N–H and O–H groups in total. The smallest absolute Gasteiger partial charge is 0.232 e. The summed E-state index contributed by atoms with van der Waals surface area (Å²) < 4.78 is 7.16. The zero-order chi connectivity index (χ0) is 18.3. The van der Waals surface area contributed by atoms with Crippen molar-refractivity contribution in [3.63, 3.8) is 0 Å². The van der Waals surface area contributed by atoms with Gasteiger partial charge in [0.25, 0.3) is 0 Å². The second-order valence-corrected chi connectivity index (χ2v) is 7.73. The van der Waals surface area contributed by atoms with Gasteiger partial charge in [-0.15, -0.1) is 0 Å². The summed E-state index contributed by atoms with van der Waals surface area (Å²) in [7, 11) is 1.90. The maximum Gasteiger partial charge on any atom is 0.232 e. The molecule has 9 heteroatoms. The Labute approximate surface area is 152 Å². The van der Waals surface area contributed by atoms with Crippen molar-refractivity contribution in [2.45, 2.75) is 32.7 Å². The van der Waals surface area contributed by atoms with Crippen LogP contribution in [0.3, 0.4) is 0 Å². The highest BCUT2D eigenvalue weighted by molar-refractivity contribution is 5.86. The molecule has 1 saturated heterocycles. The monoisotopic (exact) mass is 356 g/mol. The normalized spacial score (nSPS) is 16.5. The van der Waals surface area contributed by atoms with E-state index in [0.717, 1.165) is 48.9 Å². The van der Waals surface area contributed by atoms with Gasteiger partial charge in [-0.05, 0) is 0 Å². The van der Waals surface area contributed by atoms with E-state index in [-0.39, 0.29) is 5.41 Å². The summed E-state index contributed by atoms with van der Waals surface area (Å²) in [5.41, 5.74) is 0.741. The molecule has 0 amide bonds. The van der Waals surface area contributed by atoms with Crippen LogP contribution in [0.1, 0.15) is 32.5 Å². The Kier molecular flexibility index (Phi) is 4.10.